The van der Waals surface area contributed by atoms with Crippen LogP contribution in [0.25, 0.3) is 10.8 Å². The predicted molar refractivity (Wildman–Crippen MR) is 106 cm³/mol. The maximum Gasteiger partial charge on any atom is 0.274 e. The van der Waals surface area contributed by atoms with Crippen molar-refractivity contribution in [2.75, 3.05) is 13.1 Å². The molecule has 0 bridgehead atoms. The van der Waals surface area contributed by atoms with Crippen molar-refractivity contribution in [3.63, 3.8) is 0 Å². The van der Waals surface area contributed by atoms with Crippen LogP contribution in [0, 0.1) is 5.92 Å². The number of amides is 1. The number of ketones is 1. The number of rotatable bonds is 3. The molecule has 6 heteroatoms. The van der Waals surface area contributed by atoms with Crippen LogP contribution in [0.5, 0.6) is 0 Å². The van der Waals surface area contributed by atoms with Crippen molar-refractivity contribution in [2.45, 2.75) is 12.8 Å². The minimum atomic E-state index is -0.223. The lowest BCUT2D eigenvalue weighted by Crippen LogP contribution is -2.41. The SMILES string of the molecule is Cn1nc(C(=O)N2CCC(C(=O)c3ccccc3)CC2)c2ccccc2c1=O. The molecule has 0 aliphatic carbocycles. The number of hydrogen-bond acceptors (Lipinski definition) is 4. The summed E-state index contributed by atoms with van der Waals surface area (Å²) in [4.78, 5) is 39.7. The fourth-order valence-corrected chi connectivity index (χ4v) is 3.79. The van der Waals surface area contributed by atoms with E-state index in [0.717, 1.165) is 5.56 Å². The molecule has 1 aliphatic heterocycles. The number of likely N-dealkylation sites (tertiary alicyclic amines) is 1. The molecule has 0 radical (unpaired) electrons. The zero-order valence-electron chi connectivity index (χ0n) is 15.7. The predicted octanol–water partition coefficient (Wildman–Crippen LogP) is 2.67. The monoisotopic (exact) mass is 375 g/mol. The van der Waals surface area contributed by atoms with Gasteiger partial charge in [0.05, 0.1) is 5.39 Å². The Bertz CT molecular complexity index is 1100. The molecule has 3 aromatic rings. The summed E-state index contributed by atoms with van der Waals surface area (Å²) >= 11 is 0. The van der Waals surface area contributed by atoms with E-state index in [-0.39, 0.29) is 28.9 Å². The van der Waals surface area contributed by atoms with Crippen LogP contribution in [0.3, 0.4) is 0 Å². The topological polar surface area (TPSA) is 72.3 Å². The number of carbonyl (C=O) groups is 2. The number of piperidine rings is 1. The molecule has 4 rings (SSSR count). The number of hydrogen-bond donors (Lipinski definition) is 0. The lowest BCUT2D eigenvalue weighted by molar-refractivity contribution is 0.0645. The van der Waals surface area contributed by atoms with E-state index in [9.17, 15) is 14.4 Å². The quantitative estimate of drug-likeness (QED) is 0.660. The van der Waals surface area contributed by atoms with Crippen LogP contribution < -0.4 is 5.56 Å². The molecule has 1 aromatic heterocycles. The average Bonchev–Trinajstić information content (AvgIpc) is 2.76. The van der Waals surface area contributed by atoms with Gasteiger partial charge in [-0.2, -0.15) is 5.10 Å². The van der Waals surface area contributed by atoms with Gasteiger partial charge < -0.3 is 4.90 Å². The number of nitrogens with zero attached hydrogens (tertiary/aromatic N) is 3. The van der Waals surface area contributed by atoms with E-state index in [0.29, 0.717) is 36.7 Å². The van der Waals surface area contributed by atoms with Gasteiger partial charge in [0, 0.05) is 37.0 Å². The van der Waals surface area contributed by atoms with E-state index >= 15 is 0 Å². The molecule has 0 unspecified atom stereocenters. The fraction of sp³-hybridized carbons (Fsp3) is 0.273. The molecule has 2 heterocycles. The molecule has 1 saturated heterocycles. The van der Waals surface area contributed by atoms with E-state index in [1.54, 1.807) is 36.2 Å². The van der Waals surface area contributed by atoms with Crippen molar-refractivity contribution in [1.82, 2.24) is 14.7 Å². The maximum atomic E-state index is 13.1. The van der Waals surface area contributed by atoms with E-state index in [1.807, 2.05) is 30.3 Å². The minimum Gasteiger partial charge on any atom is -0.337 e. The van der Waals surface area contributed by atoms with Crippen molar-refractivity contribution in [3.8, 4) is 0 Å². The summed E-state index contributed by atoms with van der Waals surface area (Å²) in [7, 11) is 1.55. The second-order valence-electron chi connectivity index (χ2n) is 7.12. The van der Waals surface area contributed by atoms with Crippen LogP contribution in [0.4, 0.5) is 0 Å². The van der Waals surface area contributed by atoms with Crippen molar-refractivity contribution >= 4 is 22.5 Å². The molecule has 0 spiro atoms. The second kappa shape index (κ2) is 7.38. The van der Waals surface area contributed by atoms with Gasteiger partial charge in [0.15, 0.2) is 11.5 Å². The molecule has 142 valence electrons. The Morgan fingerprint density at radius 1 is 0.929 bits per heavy atom. The molecule has 1 fully saturated rings. The van der Waals surface area contributed by atoms with E-state index in [1.165, 1.54) is 4.68 Å². The Labute approximate surface area is 162 Å². The van der Waals surface area contributed by atoms with Gasteiger partial charge >= 0.3 is 0 Å². The van der Waals surface area contributed by atoms with Gasteiger partial charge in [0.2, 0.25) is 0 Å². The molecule has 6 nitrogen and oxygen atoms in total. The molecule has 1 amide bonds. The van der Waals surface area contributed by atoms with Crippen molar-refractivity contribution in [3.05, 3.63) is 76.2 Å². The largest absolute Gasteiger partial charge is 0.337 e. The normalized spacial score (nSPS) is 15.0. The molecular formula is C22H21N3O3. The first-order valence-corrected chi connectivity index (χ1v) is 9.41. The number of aromatic nitrogens is 2. The van der Waals surface area contributed by atoms with Crippen molar-refractivity contribution in [1.29, 1.82) is 0 Å². The first kappa shape index (κ1) is 18.1. The Balaban J connectivity index is 1.54. The summed E-state index contributed by atoms with van der Waals surface area (Å²) in [5.41, 5.74) is 0.780. The highest BCUT2D eigenvalue weighted by molar-refractivity contribution is 6.05. The summed E-state index contributed by atoms with van der Waals surface area (Å²) in [6.45, 7) is 1.00. The summed E-state index contributed by atoms with van der Waals surface area (Å²) < 4.78 is 1.21. The third-order valence-electron chi connectivity index (χ3n) is 5.37. The highest BCUT2D eigenvalue weighted by atomic mass is 16.2. The van der Waals surface area contributed by atoms with Crippen LogP contribution in [0.2, 0.25) is 0 Å². The summed E-state index contributed by atoms with van der Waals surface area (Å²) in [6.07, 6.45) is 1.26. The Hall–Kier alpha value is -3.28. The third-order valence-corrected chi connectivity index (χ3v) is 5.37. The van der Waals surface area contributed by atoms with Gasteiger partial charge in [-0.3, -0.25) is 14.4 Å². The molecule has 1 aliphatic rings. The van der Waals surface area contributed by atoms with Gasteiger partial charge in [-0.25, -0.2) is 4.68 Å². The molecule has 2 aromatic carbocycles. The molecule has 0 N–H and O–H groups in total. The van der Waals surface area contributed by atoms with E-state index in [4.69, 9.17) is 0 Å². The Morgan fingerprint density at radius 3 is 2.21 bits per heavy atom. The van der Waals surface area contributed by atoms with E-state index < -0.39 is 0 Å². The zero-order chi connectivity index (χ0) is 19.7. The minimum absolute atomic E-state index is 0.0729. The first-order chi connectivity index (χ1) is 13.6. The van der Waals surface area contributed by atoms with Crippen LogP contribution >= 0.6 is 0 Å². The van der Waals surface area contributed by atoms with Gasteiger partial charge in [-0.05, 0) is 18.9 Å². The fourth-order valence-electron chi connectivity index (χ4n) is 3.79. The summed E-state index contributed by atoms with van der Waals surface area (Å²) in [5, 5.41) is 5.28. The van der Waals surface area contributed by atoms with Crippen molar-refractivity contribution in [2.24, 2.45) is 13.0 Å². The van der Waals surface area contributed by atoms with Gasteiger partial charge in [-0.1, -0.05) is 48.5 Å². The van der Waals surface area contributed by atoms with E-state index in [2.05, 4.69) is 5.10 Å². The number of fused-ring (bicyclic) bond motifs is 1. The van der Waals surface area contributed by atoms with Crippen LogP contribution in [-0.2, 0) is 7.05 Å². The Morgan fingerprint density at radius 2 is 1.54 bits per heavy atom. The first-order valence-electron chi connectivity index (χ1n) is 9.41. The van der Waals surface area contributed by atoms with Crippen molar-refractivity contribution < 1.29 is 9.59 Å². The zero-order valence-corrected chi connectivity index (χ0v) is 15.7. The number of carbonyl (C=O) groups excluding carboxylic acids is 2. The third kappa shape index (κ3) is 3.22. The highest BCUT2D eigenvalue weighted by Gasteiger charge is 2.30. The number of aryl methyl sites for hydroxylation is 1. The number of Topliss-reactive ketones (excluding diaryl/α,β-unsaturated/α-hetero) is 1. The molecule has 0 saturated carbocycles. The van der Waals surface area contributed by atoms with Crippen LogP contribution in [0.1, 0.15) is 33.7 Å². The van der Waals surface area contributed by atoms with Gasteiger partial charge in [-0.15, -0.1) is 0 Å². The maximum absolute atomic E-state index is 13.1. The van der Waals surface area contributed by atoms with Crippen LogP contribution in [0.15, 0.2) is 59.4 Å². The summed E-state index contributed by atoms with van der Waals surface area (Å²) in [6, 6.07) is 16.3. The Kier molecular flexibility index (Phi) is 4.77. The van der Waals surface area contributed by atoms with Crippen LogP contribution in [-0.4, -0.2) is 39.5 Å². The highest BCUT2D eigenvalue weighted by Crippen LogP contribution is 2.24. The lowest BCUT2D eigenvalue weighted by atomic mass is 9.89. The lowest BCUT2D eigenvalue weighted by Gasteiger charge is -2.31. The molecule has 28 heavy (non-hydrogen) atoms. The molecular weight excluding hydrogens is 354 g/mol. The standard InChI is InChI=1S/C22H21N3O3/c1-24-21(27)18-10-6-5-9-17(18)19(23-24)22(28)25-13-11-16(12-14-25)20(26)15-7-3-2-4-8-15/h2-10,16H,11-14H2,1H3. The molecule has 0 atom stereocenters. The smallest absolute Gasteiger partial charge is 0.274 e. The average molecular weight is 375 g/mol. The number of benzene rings is 2. The second-order valence-corrected chi connectivity index (χ2v) is 7.12. The summed E-state index contributed by atoms with van der Waals surface area (Å²) in [5.74, 6) is -0.132. The van der Waals surface area contributed by atoms with Gasteiger partial charge in [0.25, 0.3) is 11.5 Å². The van der Waals surface area contributed by atoms with Gasteiger partial charge in [0.1, 0.15) is 0 Å².